The molecule has 0 saturated heterocycles. The van der Waals surface area contributed by atoms with Crippen LogP contribution in [0.4, 0.5) is 5.69 Å². The minimum absolute atomic E-state index is 0.0556. The van der Waals surface area contributed by atoms with Crippen molar-refractivity contribution in [1.82, 2.24) is 9.97 Å². The number of nitro groups is 1. The third-order valence-electron chi connectivity index (χ3n) is 2.76. The highest BCUT2D eigenvalue weighted by atomic mass is 32.1. The number of rotatable bonds is 3. The van der Waals surface area contributed by atoms with E-state index in [2.05, 4.69) is 9.97 Å². The van der Waals surface area contributed by atoms with Crippen molar-refractivity contribution in [2.24, 2.45) is 0 Å². The van der Waals surface area contributed by atoms with Crippen LogP contribution in [0, 0.1) is 10.1 Å². The number of fused-ring (bicyclic) bond motifs is 1. The summed E-state index contributed by atoms with van der Waals surface area (Å²) >= 11 is 1.39. The maximum absolute atomic E-state index is 10.7. The Kier molecular flexibility index (Phi) is 3.03. The number of thiazole rings is 1. The molecule has 0 radical (unpaired) electrons. The van der Waals surface area contributed by atoms with E-state index in [-0.39, 0.29) is 5.69 Å². The Balaban J connectivity index is 2.10. The van der Waals surface area contributed by atoms with Gasteiger partial charge in [0.25, 0.3) is 5.69 Å². The second-order valence-corrected chi connectivity index (χ2v) is 5.00. The summed E-state index contributed by atoms with van der Waals surface area (Å²) in [4.78, 5) is 19.4. The first kappa shape index (κ1) is 12.5. The fourth-order valence-electron chi connectivity index (χ4n) is 1.79. The first-order valence-corrected chi connectivity index (χ1v) is 6.54. The van der Waals surface area contributed by atoms with Crippen LogP contribution < -0.4 is 4.74 Å². The summed E-state index contributed by atoms with van der Waals surface area (Å²) in [7, 11) is 1.60. The second-order valence-electron chi connectivity index (χ2n) is 4.03. The van der Waals surface area contributed by atoms with Crippen LogP contribution in [0.2, 0.25) is 0 Å². The van der Waals surface area contributed by atoms with E-state index in [9.17, 15) is 10.1 Å². The molecule has 0 aliphatic heterocycles. The maximum atomic E-state index is 10.7. The van der Waals surface area contributed by atoms with Crippen LogP contribution >= 0.6 is 11.3 Å². The number of hydrogen-bond acceptors (Lipinski definition) is 6. The van der Waals surface area contributed by atoms with E-state index >= 15 is 0 Å². The van der Waals surface area contributed by atoms with E-state index in [1.165, 1.54) is 23.6 Å². The third-order valence-corrected chi connectivity index (χ3v) is 3.79. The Morgan fingerprint density at radius 3 is 2.95 bits per heavy atom. The molecule has 3 aromatic rings. The van der Waals surface area contributed by atoms with Gasteiger partial charge in [0.15, 0.2) is 0 Å². The molecule has 2 aromatic heterocycles. The Morgan fingerprint density at radius 2 is 2.20 bits per heavy atom. The Bertz CT molecular complexity index is 800. The molecule has 0 atom stereocenters. The van der Waals surface area contributed by atoms with Gasteiger partial charge < -0.3 is 4.74 Å². The van der Waals surface area contributed by atoms with E-state index in [1.807, 2.05) is 24.3 Å². The number of methoxy groups -OCH3 is 1. The van der Waals surface area contributed by atoms with Crippen LogP contribution in [0.1, 0.15) is 0 Å². The van der Waals surface area contributed by atoms with Crippen molar-refractivity contribution in [2.75, 3.05) is 7.11 Å². The number of hydrogen-bond donors (Lipinski definition) is 0. The number of nitrogens with zero attached hydrogens (tertiary/aromatic N) is 3. The standard InChI is InChI=1S/C13H9N3O3S/c1-19-10-4-2-3-8(5-10)12-15-11-6-9(16(17)18)7-14-13(11)20-12/h2-7H,1H3. The quantitative estimate of drug-likeness (QED) is 0.545. The average Bonchev–Trinajstić information content (AvgIpc) is 2.90. The molecular formula is C13H9N3O3S. The van der Waals surface area contributed by atoms with Crippen molar-refractivity contribution in [3.63, 3.8) is 0 Å². The Labute approximate surface area is 117 Å². The van der Waals surface area contributed by atoms with E-state index < -0.39 is 4.92 Å². The number of pyridine rings is 1. The number of aromatic nitrogens is 2. The van der Waals surface area contributed by atoms with Crippen molar-refractivity contribution in [3.05, 3.63) is 46.6 Å². The first-order valence-electron chi connectivity index (χ1n) is 5.73. The van der Waals surface area contributed by atoms with Gasteiger partial charge in [-0.25, -0.2) is 9.97 Å². The van der Waals surface area contributed by atoms with Gasteiger partial charge in [-0.1, -0.05) is 23.5 Å². The molecule has 0 saturated carbocycles. The smallest absolute Gasteiger partial charge is 0.289 e. The van der Waals surface area contributed by atoms with Crippen molar-refractivity contribution in [2.45, 2.75) is 0 Å². The molecule has 0 amide bonds. The third kappa shape index (κ3) is 2.19. The molecule has 0 unspecified atom stereocenters. The fourth-order valence-corrected chi connectivity index (χ4v) is 2.68. The monoisotopic (exact) mass is 287 g/mol. The first-order chi connectivity index (χ1) is 9.67. The van der Waals surface area contributed by atoms with E-state index in [0.717, 1.165) is 16.3 Å². The van der Waals surface area contributed by atoms with Gasteiger partial charge in [0.2, 0.25) is 0 Å². The van der Waals surface area contributed by atoms with Gasteiger partial charge in [0, 0.05) is 11.6 Å². The lowest BCUT2D eigenvalue weighted by Gasteiger charge is -2.00. The SMILES string of the molecule is COc1cccc(-c2nc3cc([N+](=O)[O-])cnc3s2)c1. The zero-order chi connectivity index (χ0) is 14.1. The molecule has 2 heterocycles. The molecule has 0 aliphatic carbocycles. The largest absolute Gasteiger partial charge is 0.497 e. The summed E-state index contributed by atoms with van der Waals surface area (Å²) in [6.45, 7) is 0. The van der Waals surface area contributed by atoms with Crippen LogP contribution in [0.25, 0.3) is 20.9 Å². The lowest BCUT2D eigenvalue weighted by Crippen LogP contribution is -1.88. The van der Waals surface area contributed by atoms with Crippen molar-refractivity contribution in [1.29, 1.82) is 0 Å². The summed E-state index contributed by atoms with van der Waals surface area (Å²) < 4.78 is 5.17. The highest BCUT2D eigenvalue weighted by Crippen LogP contribution is 2.31. The second kappa shape index (κ2) is 4.86. The molecule has 100 valence electrons. The van der Waals surface area contributed by atoms with Crippen LogP contribution in [-0.2, 0) is 0 Å². The van der Waals surface area contributed by atoms with Gasteiger partial charge in [-0.05, 0) is 12.1 Å². The van der Waals surface area contributed by atoms with Gasteiger partial charge in [-0.2, -0.15) is 0 Å². The Hall–Kier alpha value is -2.54. The summed E-state index contributed by atoms with van der Waals surface area (Å²) in [5, 5.41) is 11.5. The predicted molar refractivity (Wildman–Crippen MR) is 76.1 cm³/mol. The van der Waals surface area contributed by atoms with Crippen LogP contribution in [0.5, 0.6) is 5.75 Å². The van der Waals surface area contributed by atoms with Gasteiger partial charge in [0.1, 0.15) is 27.3 Å². The number of benzene rings is 1. The molecule has 3 rings (SSSR count). The van der Waals surface area contributed by atoms with Crippen LogP contribution in [-0.4, -0.2) is 22.0 Å². The lowest BCUT2D eigenvalue weighted by molar-refractivity contribution is -0.385. The molecule has 0 fully saturated rings. The van der Waals surface area contributed by atoms with Crippen molar-refractivity contribution >= 4 is 27.4 Å². The van der Waals surface area contributed by atoms with Crippen molar-refractivity contribution in [3.8, 4) is 16.3 Å². The highest BCUT2D eigenvalue weighted by Gasteiger charge is 2.12. The van der Waals surface area contributed by atoms with Crippen molar-refractivity contribution < 1.29 is 9.66 Å². The molecule has 0 N–H and O–H groups in total. The van der Waals surface area contributed by atoms with E-state index in [4.69, 9.17) is 4.74 Å². The van der Waals surface area contributed by atoms with Gasteiger partial charge in [0.05, 0.1) is 12.0 Å². The molecule has 6 nitrogen and oxygen atoms in total. The summed E-state index contributed by atoms with van der Waals surface area (Å²) in [6, 6.07) is 8.93. The Morgan fingerprint density at radius 1 is 1.35 bits per heavy atom. The van der Waals surface area contributed by atoms with Gasteiger partial charge in [-0.3, -0.25) is 10.1 Å². The highest BCUT2D eigenvalue weighted by molar-refractivity contribution is 7.21. The normalized spacial score (nSPS) is 10.7. The van der Waals surface area contributed by atoms with Crippen LogP contribution in [0.15, 0.2) is 36.5 Å². The molecule has 0 bridgehead atoms. The average molecular weight is 287 g/mol. The van der Waals surface area contributed by atoms with E-state index in [1.54, 1.807) is 7.11 Å². The minimum Gasteiger partial charge on any atom is -0.497 e. The van der Waals surface area contributed by atoms with Crippen LogP contribution in [0.3, 0.4) is 0 Å². The fraction of sp³-hybridized carbons (Fsp3) is 0.0769. The molecule has 20 heavy (non-hydrogen) atoms. The summed E-state index contributed by atoms with van der Waals surface area (Å²) in [5.74, 6) is 0.737. The van der Waals surface area contributed by atoms with Gasteiger partial charge >= 0.3 is 0 Å². The zero-order valence-corrected chi connectivity index (χ0v) is 11.3. The summed E-state index contributed by atoms with van der Waals surface area (Å²) in [5.41, 5.74) is 1.37. The topological polar surface area (TPSA) is 78.2 Å². The molecule has 7 heteroatoms. The minimum atomic E-state index is -0.475. The molecule has 0 aliphatic rings. The van der Waals surface area contributed by atoms with E-state index in [0.29, 0.717) is 10.3 Å². The van der Waals surface area contributed by atoms with Gasteiger partial charge in [-0.15, -0.1) is 0 Å². The molecule has 1 aromatic carbocycles. The predicted octanol–water partition coefficient (Wildman–Crippen LogP) is 3.28. The summed E-state index contributed by atoms with van der Waals surface area (Å²) in [6.07, 6.45) is 1.25. The maximum Gasteiger partial charge on any atom is 0.289 e. The lowest BCUT2D eigenvalue weighted by atomic mass is 10.2. The zero-order valence-electron chi connectivity index (χ0n) is 10.4. The number of ether oxygens (including phenoxy) is 1. The molecule has 0 spiro atoms. The molecular weight excluding hydrogens is 278 g/mol.